The van der Waals surface area contributed by atoms with Crippen LogP contribution in [0.15, 0.2) is 23.6 Å². The van der Waals surface area contributed by atoms with Gasteiger partial charge in [-0.3, -0.25) is 9.00 Å². The summed E-state index contributed by atoms with van der Waals surface area (Å²) in [5.74, 6) is 1.14. The first-order chi connectivity index (χ1) is 8.60. The number of anilines is 1. The van der Waals surface area contributed by atoms with E-state index in [9.17, 15) is 9.00 Å². The normalized spacial score (nSPS) is 12.1. The van der Waals surface area contributed by atoms with E-state index in [-0.39, 0.29) is 10.6 Å². The topological polar surface area (TPSA) is 64.0 Å². The van der Waals surface area contributed by atoms with E-state index in [0.29, 0.717) is 30.3 Å². The van der Waals surface area contributed by atoms with Gasteiger partial charge in [-0.15, -0.1) is 6.58 Å². The van der Waals surface area contributed by atoms with Crippen molar-refractivity contribution in [1.29, 1.82) is 0 Å². The molecule has 0 spiro atoms. The highest BCUT2D eigenvalue weighted by molar-refractivity contribution is 7.84. The molecular formula is C11H16ClN3O2S. The number of hydrogen-bond acceptors (Lipinski definition) is 4. The smallest absolute Gasteiger partial charge is 0.287 e. The lowest BCUT2D eigenvalue weighted by molar-refractivity contribution is 0.653. The molecule has 0 aliphatic rings. The lowest BCUT2D eigenvalue weighted by Crippen LogP contribution is -2.24. The molecule has 1 rings (SSSR count). The van der Waals surface area contributed by atoms with Crippen molar-refractivity contribution in [3.8, 4) is 0 Å². The molecule has 0 aliphatic heterocycles. The molecular weight excluding hydrogens is 274 g/mol. The standard InChI is InChI=1S/C11H16ClN3O2S/c1-3-6-15-11(16)10(12)9(8-14-15)13-5-7-18(17)4-2/h3,8,13H,1,4-7H2,2H3. The van der Waals surface area contributed by atoms with Crippen molar-refractivity contribution >= 4 is 28.1 Å². The van der Waals surface area contributed by atoms with Gasteiger partial charge in [-0.25, -0.2) is 4.68 Å². The molecule has 1 heterocycles. The Morgan fingerprint density at radius 1 is 1.67 bits per heavy atom. The molecule has 0 saturated heterocycles. The monoisotopic (exact) mass is 289 g/mol. The maximum absolute atomic E-state index is 11.8. The van der Waals surface area contributed by atoms with Crippen LogP contribution in [0.25, 0.3) is 0 Å². The third-order valence-corrected chi connectivity index (χ3v) is 3.92. The molecule has 100 valence electrons. The largest absolute Gasteiger partial charge is 0.381 e. The van der Waals surface area contributed by atoms with Crippen molar-refractivity contribution in [2.45, 2.75) is 13.5 Å². The predicted molar refractivity (Wildman–Crippen MR) is 75.7 cm³/mol. The van der Waals surface area contributed by atoms with Crippen LogP contribution in [0.1, 0.15) is 6.92 Å². The Hall–Kier alpha value is -1.14. The first kappa shape index (κ1) is 14.9. The van der Waals surface area contributed by atoms with Gasteiger partial charge in [0, 0.05) is 28.9 Å². The van der Waals surface area contributed by atoms with E-state index in [0.717, 1.165) is 0 Å². The highest BCUT2D eigenvalue weighted by Gasteiger charge is 2.08. The van der Waals surface area contributed by atoms with Crippen molar-refractivity contribution in [1.82, 2.24) is 9.78 Å². The van der Waals surface area contributed by atoms with Crippen molar-refractivity contribution in [3.05, 3.63) is 34.2 Å². The van der Waals surface area contributed by atoms with E-state index >= 15 is 0 Å². The molecule has 1 aromatic rings. The zero-order valence-corrected chi connectivity index (χ0v) is 11.8. The maximum atomic E-state index is 11.8. The van der Waals surface area contributed by atoms with E-state index in [1.54, 1.807) is 6.08 Å². The third kappa shape index (κ3) is 3.96. The lowest BCUT2D eigenvalue weighted by Gasteiger charge is -2.08. The van der Waals surface area contributed by atoms with Gasteiger partial charge >= 0.3 is 0 Å². The van der Waals surface area contributed by atoms with Gasteiger partial charge in [0.25, 0.3) is 5.56 Å². The minimum atomic E-state index is -0.843. The third-order valence-electron chi connectivity index (χ3n) is 2.25. The van der Waals surface area contributed by atoms with Crippen LogP contribution in [-0.2, 0) is 17.3 Å². The van der Waals surface area contributed by atoms with Gasteiger partial charge in [-0.2, -0.15) is 5.10 Å². The van der Waals surface area contributed by atoms with E-state index in [2.05, 4.69) is 17.0 Å². The second kappa shape index (κ2) is 7.33. The zero-order chi connectivity index (χ0) is 13.5. The van der Waals surface area contributed by atoms with Gasteiger partial charge in [0.05, 0.1) is 18.4 Å². The first-order valence-corrected chi connectivity index (χ1v) is 7.42. The quantitative estimate of drug-likeness (QED) is 0.768. The Kier molecular flexibility index (Phi) is 6.07. The van der Waals surface area contributed by atoms with Crippen LogP contribution in [-0.4, -0.2) is 32.0 Å². The lowest BCUT2D eigenvalue weighted by atomic mass is 10.4. The molecule has 18 heavy (non-hydrogen) atoms. The summed E-state index contributed by atoms with van der Waals surface area (Å²) >= 11 is 5.94. The molecule has 0 bridgehead atoms. The summed E-state index contributed by atoms with van der Waals surface area (Å²) in [6, 6.07) is 0. The Morgan fingerprint density at radius 3 is 3.00 bits per heavy atom. The second-order valence-electron chi connectivity index (χ2n) is 3.51. The van der Waals surface area contributed by atoms with E-state index in [1.807, 2.05) is 6.92 Å². The van der Waals surface area contributed by atoms with Crippen molar-refractivity contribution in [2.24, 2.45) is 0 Å². The Morgan fingerprint density at radius 2 is 2.39 bits per heavy atom. The fraction of sp³-hybridized carbons (Fsp3) is 0.455. The summed E-state index contributed by atoms with van der Waals surface area (Å²) in [6.45, 7) is 6.21. The van der Waals surface area contributed by atoms with Gasteiger partial charge in [0.1, 0.15) is 5.02 Å². The fourth-order valence-corrected chi connectivity index (χ4v) is 2.12. The molecule has 1 aromatic heterocycles. The van der Waals surface area contributed by atoms with Crippen LogP contribution >= 0.6 is 11.6 Å². The van der Waals surface area contributed by atoms with E-state index in [4.69, 9.17) is 11.6 Å². The number of aromatic nitrogens is 2. The van der Waals surface area contributed by atoms with Gasteiger partial charge in [-0.05, 0) is 0 Å². The van der Waals surface area contributed by atoms with Gasteiger partial charge in [-0.1, -0.05) is 24.6 Å². The van der Waals surface area contributed by atoms with Gasteiger partial charge < -0.3 is 5.32 Å². The summed E-state index contributed by atoms with van der Waals surface area (Å²) in [6.07, 6.45) is 3.06. The number of rotatable bonds is 7. The molecule has 1 unspecified atom stereocenters. The highest BCUT2D eigenvalue weighted by Crippen LogP contribution is 2.14. The summed E-state index contributed by atoms with van der Waals surface area (Å²) in [4.78, 5) is 11.8. The summed E-state index contributed by atoms with van der Waals surface area (Å²) < 4.78 is 12.5. The zero-order valence-electron chi connectivity index (χ0n) is 10.2. The Bertz CT molecular complexity index is 502. The molecule has 0 saturated carbocycles. The van der Waals surface area contributed by atoms with Crippen LogP contribution < -0.4 is 10.9 Å². The molecule has 0 amide bonds. The number of nitrogens with zero attached hydrogens (tertiary/aromatic N) is 2. The number of halogens is 1. The van der Waals surface area contributed by atoms with Crippen LogP contribution in [0.3, 0.4) is 0 Å². The number of allylic oxidation sites excluding steroid dienone is 1. The van der Waals surface area contributed by atoms with Crippen LogP contribution in [0.2, 0.25) is 5.02 Å². The molecule has 7 heteroatoms. The van der Waals surface area contributed by atoms with E-state index < -0.39 is 10.8 Å². The predicted octanol–water partition coefficient (Wildman–Crippen LogP) is 1.26. The number of nitrogens with one attached hydrogen (secondary N) is 1. The Labute approximate surface area is 113 Å². The molecule has 0 aromatic carbocycles. The molecule has 5 nitrogen and oxygen atoms in total. The molecule has 0 radical (unpaired) electrons. The molecule has 1 N–H and O–H groups in total. The average Bonchev–Trinajstić information content (AvgIpc) is 2.37. The van der Waals surface area contributed by atoms with Crippen molar-refractivity contribution < 1.29 is 4.21 Å². The fourth-order valence-electron chi connectivity index (χ4n) is 1.28. The van der Waals surface area contributed by atoms with Crippen LogP contribution in [0.4, 0.5) is 5.69 Å². The van der Waals surface area contributed by atoms with Gasteiger partial charge in [0.15, 0.2) is 0 Å². The maximum Gasteiger partial charge on any atom is 0.287 e. The SMILES string of the molecule is C=CCn1ncc(NCCS(=O)CC)c(Cl)c1=O. The van der Waals surface area contributed by atoms with Crippen LogP contribution in [0, 0.1) is 0 Å². The highest BCUT2D eigenvalue weighted by atomic mass is 35.5. The van der Waals surface area contributed by atoms with E-state index in [1.165, 1.54) is 10.9 Å². The minimum absolute atomic E-state index is 0.0918. The number of hydrogen-bond donors (Lipinski definition) is 1. The minimum Gasteiger partial charge on any atom is -0.381 e. The summed E-state index contributed by atoms with van der Waals surface area (Å²) in [5.41, 5.74) is 0.105. The van der Waals surface area contributed by atoms with Crippen molar-refractivity contribution in [2.75, 3.05) is 23.4 Å². The molecule has 1 atom stereocenters. The average molecular weight is 290 g/mol. The first-order valence-electron chi connectivity index (χ1n) is 5.55. The summed E-state index contributed by atoms with van der Waals surface area (Å²) in [5, 5.41) is 7.01. The second-order valence-corrected chi connectivity index (χ2v) is 5.75. The van der Waals surface area contributed by atoms with Gasteiger partial charge in [0.2, 0.25) is 0 Å². The Balaban J connectivity index is 2.73. The molecule has 0 fully saturated rings. The van der Waals surface area contributed by atoms with Crippen molar-refractivity contribution in [3.63, 3.8) is 0 Å². The summed E-state index contributed by atoms with van der Waals surface area (Å²) in [7, 11) is -0.843. The molecule has 0 aliphatic carbocycles. The van der Waals surface area contributed by atoms with Crippen LogP contribution in [0.5, 0.6) is 0 Å².